The third-order valence-corrected chi connectivity index (χ3v) is 4.05. The number of nitrogen functional groups attached to an aromatic ring is 1. The lowest BCUT2D eigenvalue weighted by atomic mass is 9.94. The van der Waals surface area contributed by atoms with Crippen molar-refractivity contribution in [1.29, 1.82) is 0 Å². The fourth-order valence-electron chi connectivity index (χ4n) is 2.79. The van der Waals surface area contributed by atoms with E-state index in [-0.39, 0.29) is 0 Å². The molecule has 3 rings (SSSR count). The molecule has 0 spiro atoms. The first kappa shape index (κ1) is 10.8. The predicted molar refractivity (Wildman–Crippen MR) is 72.0 cm³/mol. The highest BCUT2D eigenvalue weighted by Crippen LogP contribution is 2.48. The van der Waals surface area contributed by atoms with E-state index in [0.717, 1.165) is 12.2 Å². The van der Waals surface area contributed by atoms with Crippen molar-refractivity contribution in [3.05, 3.63) is 42.0 Å². The minimum Gasteiger partial charge on any atom is -0.399 e. The summed E-state index contributed by atoms with van der Waals surface area (Å²) in [5.41, 5.74) is 8.52. The zero-order valence-corrected chi connectivity index (χ0v) is 10.2. The summed E-state index contributed by atoms with van der Waals surface area (Å²) >= 11 is 0. The van der Waals surface area contributed by atoms with Crippen molar-refractivity contribution in [3.8, 4) is 0 Å². The van der Waals surface area contributed by atoms with Crippen LogP contribution in [0.15, 0.2) is 36.4 Å². The molecule has 0 aromatic heterocycles. The molecule has 90 valence electrons. The van der Waals surface area contributed by atoms with Gasteiger partial charge in [-0.15, -0.1) is 0 Å². The van der Waals surface area contributed by atoms with E-state index in [9.17, 15) is 0 Å². The summed E-state index contributed by atoms with van der Waals surface area (Å²) in [5, 5.41) is 0. The molecule has 2 nitrogen and oxygen atoms in total. The molecule has 17 heavy (non-hydrogen) atoms. The van der Waals surface area contributed by atoms with Crippen molar-refractivity contribution in [1.82, 2.24) is 4.90 Å². The Morgan fingerprint density at radius 2 is 1.88 bits per heavy atom. The van der Waals surface area contributed by atoms with Gasteiger partial charge in [0.2, 0.25) is 0 Å². The van der Waals surface area contributed by atoms with Crippen LogP contribution in [-0.4, -0.2) is 24.5 Å². The van der Waals surface area contributed by atoms with Gasteiger partial charge >= 0.3 is 0 Å². The molecule has 1 fully saturated rings. The lowest BCUT2D eigenvalue weighted by Gasteiger charge is -2.28. The molecule has 0 unspecified atom stereocenters. The van der Waals surface area contributed by atoms with Gasteiger partial charge in [0.15, 0.2) is 0 Å². The van der Waals surface area contributed by atoms with Crippen LogP contribution < -0.4 is 5.73 Å². The lowest BCUT2D eigenvalue weighted by Crippen LogP contribution is -2.34. The van der Waals surface area contributed by atoms with Gasteiger partial charge in [0.25, 0.3) is 0 Å². The third-order valence-electron chi connectivity index (χ3n) is 4.05. The Labute approximate surface area is 103 Å². The van der Waals surface area contributed by atoms with Gasteiger partial charge in [0.1, 0.15) is 0 Å². The molecule has 2 aliphatic rings. The Morgan fingerprint density at radius 3 is 2.47 bits per heavy atom. The number of hydrogen-bond donors (Lipinski definition) is 1. The normalized spacial score (nSPS) is 22.6. The van der Waals surface area contributed by atoms with Crippen LogP contribution in [0.2, 0.25) is 0 Å². The molecule has 1 aliphatic carbocycles. The Kier molecular flexibility index (Phi) is 2.67. The molecule has 0 amide bonds. The first-order valence-electron chi connectivity index (χ1n) is 6.52. The van der Waals surface area contributed by atoms with Crippen molar-refractivity contribution in [2.24, 2.45) is 0 Å². The largest absolute Gasteiger partial charge is 0.399 e. The molecule has 2 heteroatoms. The maximum Gasteiger partial charge on any atom is 0.0314 e. The topological polar surface area (TPSA) is 29.3 Å². The number of hydrogen-bond acceptors (Lipinski definition) is 2. The maximum absolute atomic E-state index is 5.76. The molecule has 1 aromatic rings. The third kappa shape index (κ3) is 2.22. The second-order valence-electron chi connectivity index (χ2n) is 5.40. The molecule has 1 saturated carbocycles. The van der Waals surface area contributed by atoms with Gasteiger partial charge in [-0.3, -0.25) is 4.90 Å². The van der Waals surface area contributed by atoms with E-state index < -0.39 is 0 Å². The number of anilines is 1. The minimum atomic E-state index is 0.429. The molecule has 0 bridgehead atoms. The lowest BCUT2D eigenvalue weighted by molar-refractivity contribution is 0.270. The molecule has 0 atom stereocenters. The molecule has 0 radical (unpaired) electrons. The van der Waals surface area contributed by atoms with E-state index in [1.807, 2.05) is 12.1 Å². The van der Waals surface area contributed by atoms with Crippen molar-refractivity contribution in [3.63, 3.8) is 0 Å². The summed E-state index contributed by atoms with van der Waals surface area (Å²) in [7, 11) is 0. The molecule has 0 saturated heterocycles. The van der Waals surface area contributed by atoms with Crippen LogP contribution in [0.3, 0.4) is 0 Å². The van der Waals surface area contributed by atoms with Crippen LogP contribution >= 0.6 is 0 Å². The fraction of sp³-hybridized carbons (Fsp3) is 0.467. The first-order chi connectivity index (χ1) is 8.28. The van der Waals surface area contributed by atoms with Crippen molar-refractivity contribution < 1.29 is 0 Å². The van der Waals surface area contributed by atoms with Crippen molar-refractivity contribution in [2.75, 3.05) is 25.4 Å². The highest BCUT2D eigenvalue weighted by molar-refractivity contribution is 5.43. The Hall–Kier alpha value is -1.28. The van der Waals surface area contributed by atoms with E-state index in [1.54, 1.807) is 0 Å². The SMILES string of the molecule is Nc1ccc(C2(CN3CC=CCC3)CC2)cc1. The van der Waals surface area contributed by atoms with E-state index in [2.05, 4.69) is 29.2 Å². The minimum absolute atomic E-state index is 0.429. The molecular weight excluding hydrogens is 208 g/mol. The first-order valence-corrected chi connectivity index (χ1v) is 6.52. The van der Waals surface area contributed by atoms with Crippen LogP contribution in [0.25, 0.3) is 0 Å². The fourth-order valence-corrected chi connectivity index (χ4v) is 2.79. The smallest absolute Gasteiger partial charge is 0.0314 e. The van der Waals surface area contributed by atoms with Crippen LogP contribution in [0, 0.1) is 0 Å². The van der Waals surface area contributed by atoms with Crippen molar-refractivity contribution >= 4 is 5.69 Å². The van der Waals surface area contributed by atoms with Gasteiger partial charge in [-0.1, -0.05) is 24.3 Å². The van der Waals surface area contributed by atoms with Crippen LogP contribution in [0.5, 0.6) is 0 Å². The van der Waals surface area contributed by atoms with Gasteiger partial charge in [-0.25, -0.2) is 0 Å². The summed E-state index contributed by atoms with van der Waals surface area (Å²) in [5.74, 6) is 0. The molecule has 2 N–H and O–H groups in total. The highest BCUT2D eigenvalue weighted by Gasteiger charge is 2.45. The average Bonchev–Trinajstić information content (AvgIpc) is 3.12. The standard InChI is InChI=1S/C15H20N2/c16-14-6-4-13(5-7-14)15(8-9-15)12-17-10-2-1-3-11-17/h1-2,4-7H,3,8-12,16H2. The van der Waals surface area contributed by atoms with E-state index in [4.69, 9.17) is 5.73 Å². The Balaban J connectivity index is 1.73. The van der Waals surface area contributed by atoms with Gasteiger partial charge in [-0.2, -0.15) is 0 Å². The van der Waals surface area contributed by atoms with E-state index in [1.165, 1.54) is 37.9 Å². The van der Waals surface area contributed by atoms with Crippen LogP contribution in [0.1, 0.15) is 24.8 Å². The molecular formula is C15H20N2. The Bertz CT molecular complexity index is 415. The van der Waals surface area contributed by atoms with Crippen molar-refractivity contribution in [2.45, 2.75) is 24.7 Å². The zero-order chi connectivity index (χ0) is 11.7. The second-order valence-corrected chi connectivity index (χ2v) is 5.40. The van der Waals surface area contributed by atoms with Gasteiger partial charge in [-0.05, 0) is 37.0 Å². The number of rotatable bonds is 3. The second kappa shape index (κ2) is 4.19. The zero-order valence-electron chi connectivity index (χ0n) is 10.2. The summed E-state index contributed by atoms with van der Waals surface area (Å²) in [6, 6.07) is 8.49. The van der Waals surface area contributed by atoms with Gasteiger partial charge in [0.05, 0.1) is 0 Å². The number of nitrogens with two attached hydrogens (primary N) is 1. The van der Waals surface area contributed by atoms with E-state index in [0.29, 0.717) is 5.41 Å². The Morgan fingerprint density at radius 1 is 1.12 bits per heavy atom. The summed E-state index contributed by atoms with van der Waals surface area (Å²) in [4.78, 5) is 2.57. The quantitative estimate of drug-likeness (QED) is 0.636. The number of nitrogens with zero attached hydrogens (tertiary/aromatic N) is 1. The molecule has 1 aromatic carbocycles. The molecule has 1 heterocycles. The summed E-state index contributed by atoms with van der Waals surface area (Å²) < 4.78 is 0. The monoisotopic (exact) mass is 228 g/mol. The van der Waals surface area contributed by atoms with Crippen LogP contribution in [-0.2, 0) is 5.41 Å². The molecule has 1 aliphatic heterocycles. The predicted octanol–water partition coefficient (Wildman–Crippen LogP) is 2.56. The maximum atomic E-state index is 5.76. The summed E-state index contributed by atoms with van der Waals surface area (Å²) in [6.07, 6.45) is 8.45. The number of benzene rings is 1. The average molecular weight is 228 g/mol. The summed E-state index contributed by atoms with van der Waals surface area (Å²) in [6.45, 7) is 3.55. The highest BCUT2D eigenvalue weighted by atomic mass is 15.1. The van der Waals surface area contributed by atoms with Gasteiger partial charge in [0, 0.05) is 30.7 Å². The van der Waals surface area contributed by atoms with Gasteiger partial charge < -0.3 is 5.73 Å². The van der Waals surface area contributed by atoms with E-state index >= 15 is 0 Å². The van der Waals surface area contributed by atoms with Crippen LogP contribution in [0.4, 0.5) is 5.69 Å².